The van der Waals surface area contributed by atoms with Crippen LogP contribution in [0.3, 0.4) is 0 Å². The number of imidazole rings is 1. The lowest BCUT2D eigenvalue weighted by molar-refractivity contribution is -0.140. The Morgan fingerprint density at radius 2 is 1.84 bits per heavy atom. The largest absolute Gasteiger partial charge is 0.472 e. The van der Waals surface area contributed by atoms with E-state index in [9.17, 15) is 13.2 Å². The van der Waals surface area contributed by atoms with Crippen LogP contribution in [0.4, 0.5) is 13.2 Å². The third-order valence-electron chi connectivity index (χ3n) is 4.98. The molecule has 160 valence electrons. The van der Waals surface area contributed by atoms with Crippen molar-refractivity contribution >= 4 is 22.6 Å². The first-order valence-electron chi connectivity index (χ1n) is 9.53. The fraction of sp³-hybridized carbons (Fsp3) is 0.300. The van der Waals surface area contributed by atoms with Crippen molar-refractivity contribution in [3.8, 4) is 17.3 Å². The van der Waals surface area contributed by atoms with E-state index in [-0.39, 0.29) is 17.9 Å². The molecule has 3 aromatic heterocycles. The molecule has 31 heavy (non-hydrogen) atoms. The van der Waals surface area contributed by atoms with Gasteiger partial charge in [0.1, 0.15) is 17.8 Å². The predicted molar refractivity (Wildman–Crippen MR) is 107 cm³/mol. The van der Waals surface area contributed by atoms with Crippen LogP contribution in [0.1, 0.15) is 30.1 Å². The van der Waals surface area contributed by atoms with Crippen molar-refractivity contribution in [2.75, 3.05) is 0 Å². The van der Waals surface area contributed by atoms with Gasteiger partial charge in [-0.2, -0.15) is 28.2 Å². The molecule has 1 saturated carbocycles. The van der Waals surface area contributed by atoms with E-state index >= 15 is 0 Å². The molecule has 0 saturated heterocycles. The normalized spacial score (nSPS) is 14.4. The van der Waals surface area contributed by atoms with Gasteiger partial charge in [0.2, 0.25) is 11.2 Å². The summed E-state index contributed by atoms with van der Waals surface area (Å²) in [5, 5.41) is 4.86. The summed E-state index contributed by atoms with van der Waals surface area (Å²) < 4.78 is 48.4. The maximum Gasteiger partial charge on any atom is 0.434 e. The van der Waals surface area contributed by atoms with Gasteiger partial charge in [0.05, 0.1) is 0 Å². The van der Waals surface area contributed by atoms with Gasteiger partial charge in [-0.15, -0.1) is 0 Å². The Hall–Kier alpha value is -3.14. The Morgan fingerprint density at radius 3 is 2.52 bits per heavy atom. The highest BCUT2D eigenvalue weighted by Crippen LogP contribution is 2.41. The van der Waals surface area contributed by atoms with Crippen molar-refractivity contribution in [2.45, 2.75) is 31.7 Å². The van der Waals surface area contributed by atoms with Crippen LogP contribution in [-0.4, -0.2) is 29.3 Å². The molecule has 0 unspecified atom stereocenters. The fourth-order valence-corrected chi connectivity index (χ4v) is 3.51. The SMILES string of the molecule is Cn1cc2c(OCc3ccc(-c4nc(C(F)(F)F)cn4C4CC4)cc3)nc(Cl)nc2n1. The number of hydrogen-bond donors (Lipinski definition) is 0. The molecule has 1 aliphatic carbocycles. The highest BCUT2D eigenvalue weighted by molar-refractivity contribution is 6.28. The smallest absolute Gasteiger partial charge is 0.434 e. The number of aromatic nitrogens is 6. The predicted octanol–water partition coefficient (Wildman–Crippen LogP) is 4.81. The van der Waals surface area contributed by atoms with Gasteiger partial charge < -0.3 is 9.30 Å². The van der Waals surface area contributed by atoms with E-state index in [1.807, 2.05) is 0 Å². The van der Waals surface area contributed by atoms with Gasteiger partial charge in [0.25, 0.3) is 0 Å². The molecule has 3 heterocycles. The quantitative estimate of drug-likeness (QED) is 0.410. The number of alkyl halides is 3. The molecule has 11 heteroatoms. The van der Waals surface area contributed by atoms with Crippen molar-refractivity contribution in [1.82, 2.24) is 29.3 Å². The molecule has 1 aromatic carbocycles. The van der Waals surface area contributed by atoms with Crippen molar-refractivity contribution in [2.24, 2.45) is 7.05 Å². The second-order valence-corrected chi connectivity index (χ2v) is 7.75. The van der Waals surface area contributed by atoms with Crippen molar-refractivity contribution < 1.29 is 17.9 Å². The second-order valence-electron chi connectivity index (χ2n) is 7.41. The van der Waals surface area contributed by atoms with Gasteiger partial charge in [-0.05, 0) is 30.0 Å². The monoisotopic (exact) mass is 448 g/mol. The van der Waals surface area contributed by atoms with E-state index in [4.69, 9.17) is 16.3 Å². The minimum Gasteiger partial charge on any atom is -0.472 e. The Labute approximate surface area is 179 Å². The highest BCUT2D eigenvalue weighted by Gasteiger charge is 2.37. The van der Waals surface area contributed by atoms with E-state index in [0.717, 1.165) is 24.6 Å². The van der Waals surface area contributed by atoms with E-state index in [1.165, 1.54) is 0 Å². The topological polar surface area (TPSA) is 70.7 Å². The zero-order valence-electron chi connectivity index (χ0n) is 16.3. The maximum absolute atomic E-state index is 13.1. The first kappa shape index (κ1) is 19.8. The Kier molecular flexibility index (Phi) is 4.62. The number of rotatable bonds is 5. The number of aryl methyl sites for hydroxylation is 1. The van der Waals surface area contributed by atoms with Gasteiger partial charge in [-0.25, -0.2) is 4.98 Å². The van der Waals surface area contributed by atoms with Gasteiger partial charge in [-0.3, -0.25) is 4.68 Å². The number of nitrogens with zero attached hydrogens (tertiary/aromatic N) is 6. The number of benzene rings is 1. The molecule has 0 aliphatic heterocycles. The standard InChI is InChI=1S/C20H16ClF3N6O/c1-29-8-14-16(28-29)26-19(21)27-18(14)31-10-11-2-4-12(5-3-11)17-25-15(20(22,23)24)9-30(17)13-6-7-13/h2-5,8-9,13H,6-7,10H2,1H3. The molecule has 1 fully saturated rings. The summed E-state index contributed by atoms with van der Waals surface area (Å²) in [6, 6.07) is 7.14. The molecule has 0 radical (unpaired) electrons. The molecule has 0 amide bonds. The lowest BCUT2D eigenvalue weighted by atomic mass is 10.1. The summed E-state index contributed by atoms with van der Waals surface area (Å²) in [4.78, 5) is 12.0. The van der Waals surface area contributed by atoms with Crippen LogP contribution in [0, 0.1) is 0 Å². The third-order valence-corrected chi connectivity index (χ3v) is 5.15. The molecule has 5 rings (SSSR count). The molecule has 0 atom stereocenters. The van der Waals surface area contributed by atoms with Crippen molar-refractivity contribution in [3.05, 3.63) is 53.2 Å². The Bertz CT molecular complexity index is 1260. The molecule has 0 spiro atoms. The van der Waals surface area contributed by atoms with Crippen LogP contribution in [0.25, 0.3) is 22.4 Å². The number of halogens is 4. The average Bonchev–Trinajstić information content (AvgIpc) is 3.33. The number of hydrogen-bond acceptors (Lipinski definition) is 5. The van der Waals surface area contributed by atoms with Crippen molar-refractivity contribution in [3.63, 3.8) is 0 Å². The Balaban J connectivity index is 1.38. The number of ether oxygens (including phenoxy) is 1. The summed E-state index contributed by atoms with van der Waals surface area (Å²) in [7, 11) is 1.76. The lowest BCUT2D eigenvalue weighted by Crippen LogP contribution is -2.05. The molecule has 0 bridgehead atoms. The van der Waals surface area contributed by atoms with Gasteiger partial charge in [-0.1, -0.05) is 24.3 Å². The molecule has 4 aromatic rings. The molecular formula is C20H16ClF3N6O. The van der Waals surface area contributed by atoms with Crippen LogP contribution < -0.4 is 4.74 Å². The maximum atomic E-state index is 13.1. The first-order chi connectivity index (χ1) is 14.8. The van der Waals surface area contributed by atoms with E-state index in [0.29, 0.717) is 28.3 Å². The molecular weight excluding hydrogens is 433 g/mol. The van der Waals surface area contributed by atoms with Gasteiger partial charge >= 0.3 is 6.18 Å². The summed E-state index contributed by atoms with van der Waals surface area (Å²) in [5.41, 5.74) is 0.991. The summed E-state index contributed by atoms with van der Waals surface area (Å²) in [6.45, 7) is 0.197. The van der Waals surface area contributed by atoms with Crippen LogP contribution in [0.15, 0.2) is 36.7 Å². The van der Waals surface area contributed by atoms with Crippen molar-refractivity contribution in [1.29, 1.82) is 0 Å². The van der Waals surface area contributed by atoms with Crippen LogP contribution in [-0.2, 0) is 19.8 Å². The molecule has 0 N–H and O–H groups in total. The van der Waals surface area contributed by atoms with Crippen LogP contribution in [0.2, 0.25) is 5.28 Å². The highest BCUT2D eigenvalue weighted by atomic mass is 35.5. The van der Waals surface area contributed by atoms with E-state index in [1.54, 1.807) is 46.8 Å². The van der Waals surface area contributed by atoms with Gasteiger partial charge in [0.15, 0.2) is 11.3 Å². The molecule has 7 nitrogen and oxygen atoms in total. The van der Waals surface area contributed by atoms with E-state index < -0.39 is 11.9 Å². The van der Waals surface area contributed by atoms with Gasteiger partial charge in [0, 0.05) is 31.0 Å². The summed E-state index contributed by atoms with van der Waals surface area (Å²) in [5.74, 6) is 0.633. The zero-order valence-corrected chi connectivity index (χ0v) is 17.0. The second kappa shape index (κ2) is 7.23. The van der Waals surface area contributed by atoms with Crippen LogP contribution in [0.5, 0.6) is 5.88 Å². The fourth-order valence-electron chi connectivity index (χ4n) is 3.35. The van der Waals surface area contributed by atoms with Crippen LogP contribution >= 0.6 is 11.6 Å². The lowest BCUT2D eigenvalue weighted by Gasteiger charge is -2.08. The minimum atomic E-state index is -4.47. The minimum absolute atomic E-state index is 0.0314. The molecule has 1 aliphatic rings. The van der Waals surface area contributed by atoms with E-state index in [2.05, 4.69) is 20.1 Å². The first-order valence-corrected chi connectivity index (χ1v) is 9.91. The average molecular weight is 449 g/mol. The zero-order chi connectivity index (χ0) is 21.8. The number of fused-ring (bicyclic) bond motifs is 1. The Morgan fingerprint density at radius 1 is 1.10 bits per heavy atom. The summed E-state index contributed by atoms with van der Waals surface area (Å²) in [6.07, 6.45) is 0.0783. The third kappa shape index (κ3) is 3.95. The summed E-state index contributed by atoms with van der Waals surface area (Å²) >= 11 is 5.94.